The minimum absolute atomic E-state index is 0.125. The Hall–Kier alpha value is -2.11. The van der Waals surface area contributed by atoms with Crippen LogP contribution in [0.2, 0.25) is 0 Å². The summed E-state index contributed by atoms with van der Waals surface area (Å²) in [4.78, 5) is 22.5. The fourth-order valence-corrected chi connectivity index (χ4v) is 2.14. The van der Waals surface area contributed by atoms with Crippen molar-refractivity contribution < 1.29 is 14.8 Å². The molecule has 0 fully saturated rings. The van der Waals surface area contributed by atoms with Gasteiger partial charge >= 0.3 is 0 Å². The second kappa shape index (κ2) is 7.47. The van der Waals surface area contributed by atoms with E-state index in [0.717, 1.165) is 25.7 Å². The van der Waals surface area contributed by atoms with Gasteiger partial charge in [-0.2, -0.15) is 0 Å². The van der Waals surface area contributed by atoms with Gasteiger partial charge in [0.2, 0.25) is 5.91 Å². The van der Waals surface area contributed by atoms with Crippen LogP contribution in [-0.2, 0) is 4.79 Å². The van der Waals surface area contributed by atoms with Crippen LogP contribution in [0.1, 0.15) is 39.5 Å². The first-order valence-corrected chi connectivity index (χ1v) is 6.78. The molecule has 6 nitrogen and oxygen atoms in total. The van der Waals surface area contributed by atoms with Crippen LogP contribution in [0.15, 0.2) is 18.2 Å². The van der Waals surface area contributed by atoms with Crippen molar-refractivity contribution >= 4 is 17.3 Å². The lowest BCUT2D eigenvalue weighted by atomic mass is 9.97. The van der Waals surface area contributed by atoms with Gasteiger partial charge < -0.3 is 10.4 Å². The summed E-state index contributed by atoms with van der Waals surface area (Å²) in [6, 6.07) is 3.94. The van der Waals surface area contributed by atoms with Gasteiger partial charge in [-0.1, -0.05) is 32.8 Å². The van der Waals surface area contributed by atoms with Gasteiger partial charge in [-0.15, -0.1) is 0 Å². The smallest absolute Gasteiger partial charge is 0.296 e. The molecule has 0 atom stereocenters. The van der Waals surface area contributed by atoms with Gasteiger partial charge in [-0.05, 0) is 18.9 Å². The Morgan fingerprint density at radius 3 is 2.45 bits per heavy atom. The first-order valence-electron chi connectivity index (χ1n) is 6.78. The Labute approximate surface area is 118 Å². The van der Waals surface area contributed by atoms with Gasteiger partial charge in [-0.25, -0.2) is 0 Å². The molecule has 0 aliphatic rings. The van der Waals surface area contributed by atoms with Crippen LogP contribution in [0.25, 0.3) is 0 Å². The molecule has 0 aliphatic heterocycles. The molecule has 0 saturated heterocycles. The van der Waals surface area contributed by atoms with E-state index >= 15 is 0 Å². The molecule has 0 aliphatic carbocycles. The maximum Gasteiger partial charge on any atom is 0.296 e. The zero-order valence-corrected chi connectivity index (χ0v) is 11.8. The number of phenols is 1. The highest BCUT2D eigenvalue weighted by Gasteiger charge is 2.23. The lowest BCUT2D eigenvalue weighted by Crippen LogP contribution is -2.23. The molecule has 1 rings (SSSR count). The lowest BCUT2D eigenvalue weighted by Gasteiger charge is -2.15. The summed E-state index contributed by atoms with van der Waals surface area (Å²) < 4.78 is 0. The van der Waals surface area contributed by atoms with Gasteiger partial charge in [0.25, 0.3) is 5.69 Å². The number of benzene rings is 1. The van der Waals surface area contributed by atoms with Crippen molar-refractivity contribution in [1.82, 2.24) is 0 Å². The molecule has 0 unspecified atom stereocenters. The molecule has 6 heteroatoms. The largest absolute Gasteiger partial charge is 0.505 e. The molecule has 0 radical (unpaired) electrons. The van der Waals surface area contributed by atoms with Gasteiger partial charge in [0.05, 0.1) is 4.92 Å². The number of rotatable bonds is 7. The number of phenolic OH excluding ortho intramolecular Hbond substituents is 1. The van der Waals surface area contributed by atoms with Crippen molar-refractivity contribution in [1.29, 1.82) is 0 Å². The second-order valence-electron chi connectivity index (χ2n) is 4.69. The summed E-state index contributed by atoms with van der Waals surface area (Å²) in [5, 5.41) is 23.1. The normalized spacial score (nSPS) is 10.6. The van der Waals surface area contributed by atoms with Crippen LogP contribution < -0.4 is 5.32 Å². The number of nitro benzene ring substituents is 1. The number of nitrogens with zero attached hydrogens (tertiary/aromatic N) is 1. The minimum atomic E-state index is -0.621. The highest BCUT2D eigenvalue weighted by atomic mass is 16.6. The quantitative estimate of drug-likeness (QED) is 0.454. The molecule has 0 saturated carbocycles. The zero-order chi connectivity index (χ0) is 15.1. The van der Waals surface area contributed by atoms with Gasteiger partial charge in [0.1, 0.15) is 5.75 Å². The Bertz CT molecular complexity index is 482. The first-order chi connectivity index (χ1) is 9.51. The lowest BCUT2D eigenvalue weighted by molar-refractivity contribution is -0.384. The molecular formula is C14H20N2O4. The van der Waals surface area contributed by atoms with E-state index in [-0.39, 0.29) is 28.9 Å². The van der Waals surface area contributed by atoms with Crippen molar-refractivity contribution in [2.45, 2.75) is 39.5 Å². The number of hydrogen-bond donors (Lipinski definition) is 2. The highest BCUT2D eigenvalue weighted by Crippen LogP contribution is 2.33. The topological polar surface area (TPSA) is 92.5 Å². The molecule has 0 heterocycles. The number of nitro groups is 1. The number of anilines is 1. The summed E-state index contributed by atoms with van der Waals surface area (Å²) in [5.41, 5.74) is -0.426. The van der Waals surface area contributed by atoms with E-state index in [0.29, 0.717) is 0 Å². The number of amides is 1. The molecule has 1 amide bonds. The predicted octanol–water partition coefficient (Wildman–Crippen LogP) is 3.46. The van der Waals surface area contributed by atoms with E-state index in [1.54, 1.807) is 0 Å². The van der Waals surface area contributed by atoms with Gasteiger partial charge in [0.15, 0.2) is 5.69 Å². The number of aromatic hydroxyl groups is 1. The fraction of sp³-hybridized carbons (Fsp3) is 0.500. The van der Waals surface area contributed by atoms with E-state index in [2.05, 4.69) is 5.32 Å². The summed E-state index contributed by atoms with van der Waals surface area (Å²) in [7, 11) is 0. The Balaban J connectivity index is 2.97. The average molecular weight is 280 g/mol. The maximum atomic E-state index is 12.2. The van der Waals surface area contributed by atoms with Crippen molar-refractivity contribution in [2.24, 2.45) is 5.92 Å². The third-order valence-electron chi connectivity index (χ3n) is 3.11. The molecule has 0 aromatic heterocycles. The van der Waals surface area contributed by atoms with Crippen molar-refractivity contribution in [3.8, 4) is 5.75 Å². The van der Waals surface area contributed by atoms with Crippen LogP contribution in [0.3, 0.4) is 0 Å². The summed E-state index contributed by atoms with van der Waals surface area (Å²) >= 11 is 0. The van der Waals surface area contributed by atoms with E-state index < -0.39 is 4.92 Å². The van der Waals surface area contributed by atoms with Crippen molar-refractivity contribution in [3.63, 3.8) is 0 Å². The number of nitrogens with one attached hydrogen (secondary N) is 1. The number of para-hydroxylation sites is 1. The monoisotopic (exact) mass is 280 g/mol. The molecule has 110 valence electrons. The fourth-order valence-electron chi connectivity index (χ4n) is 2.14. The standard InChI is InChI=1S/C14H20N2O4/c1-3-6-10(7-4-2)14(18)15-13-11(16(19)20)8-5-9-12(13)17/h5,8-10,17H,3-4,6-7H2,1-2H3,(H,15,18). The van der Waals surface area contributed by atoms with Crippen LogP contribution >= 0.6 is 0 Å². The first kappa shape index (κ1) is 15.9. The highest BCUT2D eigenvalue weighted by molar-refractivity contribution is 5.96. The summed E-state index contributed by atoms with van der Waals surface area (Å²) in [6.07, 6.45) is 3.17. The van der Waals surface area contributed by atoms with Crippen LogP contribution in [0.4, 0.5) is 11.4 Å². The molecule has 0 spiro atoms. The molecule has 0 bridgehead atoms. The molecule has 1 aromatic rings. The Kier molecular flexibility index (Phi) is 5.96. The third-order valence-corrected chi connectivity index (χ3v) is 3.11. The second-order valence-corrected chi connectivity index (χ2v) is 4.69. The van der Waals surface area contributed by atoms with Crippen LogP contribution in [0.5, 0.6) is 5.75 Å². The predicted molar refractivity (Wildman–Crippen MR) is 76.7 cm³/mol. The molecule has 2 N–H and O–H groups in total. The average Bonchev–Trinajstić information content (AvgIpc) is 2.40. The third kappa shape index (κ3) is 3.94. The number of carbonyl (C=O) groups excluding carboxylic acids is 1. The van der Waals surface area contributed by atoms with E-state index in [1.807, 2.05) is 13.8 Å². The van der Waals surface area contributed by atoms with Gasteiger partial charge in [0, 0.05) is 12.0 Å². The summed E-state index contributed by atoms with van der Waals surface area (Å²) in [6.45, 7) is 3.97. The number of carbonyl (C=O) groups is 1. The van der Waals surface area contributed by atoms with E-state index in [4.69, 9.17) is 0 Å². The summed E-state index contributed by atoms with van der Waals surface area (Å²) in [5.74, 6) is -0.762. The number of hydrogen-bond acceptors (Lipinski definition) is 4. The molecular weight excluding hydrogens is 260 g/mol. The zero-order valence-electron chi connectivity index (χ0n) is 11.8. The van der Waals surface area contributed by atoms with E-state index in [9.17, 15) is 20.0 Å². The maximum absolute atomic E-state index is 12.2. The minimum Gasteiger partial charge on any atom is -0.505 e. The van der Waals surface area contributed by atoms with E-state index in [1.165, 1.54) is 18.2 Å². The van der Waals surface area contributed by atoms with Crippen LogP contribution in [0, 0.1) is 16.0 Å². The molecule has 1 aromatic carbocycles. The molecule has 20 heavy (non-hydrogen) atoms. The van der Waals surface area contributed by atoms with Gasteiger partial charge in [-0.3, -0.25) is 14.9 Å². The Morgan fingerprint density at radius 2 is 1.95 bits per heavy atom. The SMILES string of the molecule is CCCC(CCC)C(=O)Nc1c(O)cccc1[N+](=O)[O-]. The van der Waals surface area contributed by atoms with Crippen LogP contribution in [-0.4, -0.2) is 15.9 Å². The Morgan fingerprint density at radius 1 is 1.35 bits per heavy atom. The van der Waals surface area contributed by atoms with Crippen molar-refractivity contribution in [2.75, 3.05) is 5.32 Å². The van der Waals surface area contributed by atoms with Crippen molar-refractivity contribution in [3.05, 3.63) is 28.3 Å².